The van der Waals surface area contributed by atoms with Crippen LogP contribution in [0.4, 0.5) is 0 Å². The van der Waals surface area contributed by atoms with Gasteiger partial charge in [-0.3, -0.25) is 0 Å². The van der Waals surface area contributed by atoms with E-state index in [0.717, 1.165) is 12.8 Å². The number of sulfonamides is 1. The maximum Gasteiger partial charge on any atom is 0.240 e. The fourth-order valence-electron chi connectivity index (χ4n) is 1.73. The Kier molecular flexibility index (Phi) is 5.48. The average molecular weight is 281 g/mol. The number of nitrogens with zero attached hydrogens (tertiary/aromatic N) is 1. The maximum absolute atomic E-state index is 12.2. The molecule has 1 aromatic carbocycles. The summed E-state index contributed by atoms with van der Waals surface area (Å²) in [6.07, 6.45) is 1.67. The first kappa shape index (κ1) is 15.6. The van der Waals surface area contributed by atoms with Gasteiger partial charge in [-0.25, -0.2) is 13.1 Å². The molecular formula is C13H19N3O2S. The van der Waals surface area contributed by atoms with E-state index in [1.165, 1.54) is 6.07 Å². The minimum absolute atomic E-state index is 0.134. The lowest BCUT2D eigenvalue weighted by atomic mass is 10.2. The van der Waals surface area contributed by atoms with Crippen molar-refractivity contribution in [3.8, 4) is 6.07 Å². The van der Waals surface area contributed by atoms with Crippen LogP contribution in [0.5, 0.6) is 0 Å². The number of nitriles is 1. The van der Waals surface area contributed by atoms with E-state index in [-0.39, 0.29) is 17.5 Å². The fraction of sp³-hybridized carbons (Fsp3) is 0.462. The van der Waals surface area contributed by atoms with Crippen molar-refractivity contribution in [2.75, 3.05) is 6.54 Å². The minimum atomic E-state index is -3.62. The largest absolute Gasteiger partial charge is 0.327 e. The number of nitrogens with two attached hydrogens (primary N) is 1. The average Bonchev–Trinajstić information content (AvgIpc) is 2.37. The monoisotopic (exact) mass is 281 g/mol. The summed E-state index contributed by atoms with van der Waals surface area (Å²) in [6.45, 7) is 3.89. The zero-order chi connectivity index (χ0) is 14.5. The quantitative estimate of drug-likeness (QED) is 0.820. The highest BCUT2D eigenvalue weighted by Crippen LogP contribution is 2.16. The standard InChI is InChI=1S/C13H19N3O2S/c1-3-4-12(15)9-16-19(17,18)13-7-11(8-14)6-5-10(13)2/h5-7,12,16H,3-4,9,15H2,1-2H3/t12-/m1/s1. The fourth-order valence-corrected chi connectivity index (χ4v) is 3.09. The summed E-state index contributed by atoms with van der Waals surface area (Å²) >= 11 is 0. The summed E-state index contributed by atoms with van der Waals surface area (Å²) in [6, 6.07) is 6.34. The van der Waals surface area contributed by atoms with Gasteiger partial charge in [0, 0.05) is 12.6 Å². The maximum atomic E-state index is 12.2. The molecule has 0 radical (unpaired) electrons. The van der Waals surface area contributed by atoms with Crippen molar-refractivity contribution < 1.29 is 8.42 Å². The Bertz CT molecular complexity index is 576. The van der Waals surface area contributed by atoms with Crippen LogP contribution in [-0.4, -0.2) is 21.0 Å². The van der Waals surface area contributed by atoms with E-state index in [4.69, 9.17) is 11.0 Å². The normalized spacial score (nSPS) is 12.9. The lowest BCUT2D eigenvalue weighted by molar-refractivity contribution is 0.552. The number of nitrogens with one attached hydrogen (secondary N) is 1. The molecule has 1 rings (SSSR count). The Morgan fingerprint density at radius 3 is 2.74 bits per heavy atom. The van der Waals surface area contributed by atoms with Gasteiger partial charge in [-0.15, -0.1) is 0 Å². The molecule has 0 bridgehead atoms. The van der Waals surface area contributed by atoms with Gasteiger partial charge in [-0.1, -0.05) is 19.4 Å². The molecule has 0 spiro atoms. The van der Waals surface area contributed by atoms with Crippen molar-refractivity contribution >= 4 is 10.0 Å². The van der Waals surface area contributed by atoms with Crippen molar-refractivity contribution in [1.29, 1.82) is 5.26 Å². The molecule has 0 saturated carbocycles. The van der Waals surface area contributed by atoms with E-state index >= 15 is 0 Å². The zero-order valence-electron chi connectivity index (χ0n) is 11.2. The summed E-state index contributed by atoms with van der Waals surface area (Å²) in [4.78, 5) is 0.134. The van der Waals surface area contributed by atoms with Crippen LogP contribution in [0.15, 0.2) is 23.1 Å². The topological polar surface area (TPSA) is 96.0 Å². The van der Waals surface area contributed by atoms with Crippen molar-refractivity contribution in [2.24, 2.45) is 5.73 Å². The first-order valence-electron chi connectivity index (χ1n) is 6.16. The van der Waals surface area contributed by atoms with Crippen LogP contribution in [0.3, 0.4) is 0 Å². The van der Waals surface area contributed by atoms with E-state index in [0.29, 0.717) is 11.1 Å². The van der Waals surface area contributed by atoms with Crippen molar-refractivity contribution in [1.82, 2.24) is 4.72 Å². The Morgan fingerprint density at radius 1 is 1.47 bits per heavy atom. The Labute approximate surface area is 114 Å². The summed E-state index contributed by atoms with van der Waals surface area (Å²) in [5, 5.41) is 8.82. The highest BCUT2D eigenvalue weighted by Gasteiger charge is 2.18. The molecule has 0 amide bonds. The van der Waals surface area contributed by atoms with Crippen LogP contribution in [0.1, 0.15) is 30.9 Å². The first-order valence-corrected chi connectivity index (χ1v) is 7.65. The third-order valence-corrected chi connectivity index (χ3v) is 4.37. The first-order chi connectivity index (χ1) is 8.90. The van der Waals surface area contributed by atoms with Crippen molar-refractivity contribution in [2.45, 2.75) is 37.6 Å². The second-order valence-corrected chi connectivity index (χ2v) is 6.23. The van der Waals surface area contributed by atoms with E-state index in [9.17, 15) is 8.42 Å². The minimum Gasteiger partial charge on any atom is -0.327 e. The van der Waals surface area contributed by atoms with Gasteiger partial charge in [0.2, 0.25) is 10.0 Å². The molecule has 1 aromatic rings. The van der Waals surface area contributed by atoms with Gasteiger partial charge < -0.3 is 5.73 Å². The van der Waals surface area contributed by atoms with E-state index in [1.807, 2.05) is 13.0 Å². The van der Waals surface area contributed by atoms with Crippen molar-refractivity contribution in [3.63, 3.8) is 0 Å². The van der Waals surface area contributed by atoms with Gasteiger partial charge in [0.05, 0.1) is 16.5 Å². The van der Waals surface area contributed by atoms with Crippen molar-refractivity contribution in [3.05, 3.63) is 29.3 Å². The van der Waals surface area contributed by atoms with Crippen LogP contribution in [0.25, 0.3) is 0 Å². The van der Waals surface area contributed by atoms with E-state index in [2.05, 4.69) is 4.72 Å². The highest BCUT2D eigenvalue weighted by atomic mass is 32.2. The molecule has 0 aliphatic rings. The van der Waals surface area contributed by atoms with Crippen LogP contribution in [0.2, 0.25) is 0 Å². The van der Waals surface area contributed by atoms with Gasteiger partial charge in [0.25, 0.3) is 0 Å². The van der Waals surface area contributed by atoms with Crippen LogP contribution < -0.4 is 10.5 Å². The molecule has 104 valence electrons. The summed E-state index contributed by atoms with van der Waals surface area (Å²) in [7, 11) is -3.62. The lowest BCUT2D eigenvalue weighted by Crippen LogP contribution is -2.37. The predicted molar refractivity (Wildman–Crippen MR) is 74.0 cm³/mol. The molecular weight excluding hydrogens is 262 g/mol. The molecule has 19 heavy (non-hydrogen) atoms. The second-order valence-electron chi connectivity index (χ2n) is 4.49. The van der Waals surface area contributed by atoms with Crippen LogP contribution >= 0.6 is 0 Å². The number of rotatable bonds is 6. The third-order valence-electron chi connectivity index (χ3n) is 2.80. The summed E-state index contributed by atoms with van der Waals surface area (Å²) < 4.78 is 26.8. The molecule has 5 nitrogen and oxygen atoms in total. The molecule has 0 aliphatic carbocycles. The predicted octanol–water partition coefficient (Wildman–Crippen LogP) is 1.27. The molecule has 0 heterocycles. The van der Waals surface area contributed by atoms with Crippen LogP contribution in [0, 0.1) is 18.3 Å². The smallest absolute Gasteiger partial charge is 0.240 e. The lowest BCUT2D eigenvalue weighted by Gasteiger charge is -2.13. The number of hydrogen-bond acceptors (Lipinski definition) is 4. The molecule has 6 heteroatoms. The van der Waals surface area contributed by atoms with E-state index in [1.54, 1.807) is 19.1 Å². The van der Waals surface area contributed by atoms with Gasteiger partial charge in [-0.05, 0) is 31.0 Å². The SMILES string of the molecule is CCC[C@@H](N)CNS(=O)(=O)c1cc(C#N)ccc1C. The molecule has 0 unspecified atom stereocenters. The van der Waals surface area contributed by atoms with Gasteiger partial charge in [0.1, 0.15) is 0 Å². The Hall–Kier alpha value is -1.42. The van der Waals surface area contributed by atoms with E-state index < -0.39 is 10.0 Å². The summed E-state index contributed by atoms with van der Waals surface area (Å²) in [5.74, 6) is 0. The number of benzene rings is 1. The zero-order valence-corrected chi connectivity index (χ0v) is 12.0. The molecule has 0 aliphatic heterocycles. The highest BCUT2D eigenvalue weighted by molar-refractivity contribution is 7.89. The molecule has 0 aromatic heterocycles. The molecule has 0 saturated heterocycles. The van der Waals surface area contributed by atoms with Gasteiger partial charge in [0.15, 0.2) is 0 Å². The third kappa shape index (κ3) is 4.31. The van der Waals surface area contributed by atoms with Gasteiger partial charge in [-0.2, -0.15) is 5.26 Å². The van der Waals surface area contributed by atoms with Gasteiger partial charge >= 0.3 is 0 Å². The summed E-state index contributed by atoms with van der Waals surface area (Å²) in [5.41, 5.74) is 6.71. The second kappa shape index (κ2) is 6.66. The molecule has 0 fully saturated rings. The molecule has 1 atom stereocenters. The molecule has 3 N–H and O–H groups in total. The number of aryl methyl sites for hydroxylation is 1. The Balaban J connectivity index is 2.92. The number of hydrogen-bond donors (Lipinski definition) is 2. The Morgan fingerprint density at radius 2 is 2.16 bits per heavy atom. The van der Waals surface area contributed by atoms with Crippen LogP contribution in [-0.2, 0) is 10.0 Å².